The van der Waals surface area contributed by atoms with Crippen LogP contribution in [0.15, 0.2) is 66.7 Å². The topological polar surface area (TPSA) is 103 Å². The zero-order chi connectivity index (χ0) is 21.5. The van der Waals surface area contributed by atoms with E-state index in [0.717, 1.165) is 17.0 Å². The number of hydrogen-bond donors (Lipinski definition) is 1. The van der Waals surface area contributed by atoms with Gasteiger partial charge in [0.05, 0.1) is 15.6 Å². The largest absolute Gasteiger partial charge is 0.321 e. The maximum atomic E-state index is 12.9. The van der Waals surface area contributed by atoms with Gasteiger partial charge in [0, 0.05) is 17.1 Å². The standard InChI is InChI=1S/C21H12ClN5O3S/c22-18-14-7-4-8-17(27(29)30)19(14)31-20(18)21(28)23-12-9-10-15-16(11-12)25-26(24-15)13-5-2-1-3-6-13/h1-11H,(H,23,28). The molecular formula is C21H12ClN5O3S. The minimum atomic E-state index is -0.485. The summed E-state index contributed by atoms with van der Waals surface area (Å²) in [6, 6.07) is 19.3. The fourth-order valence-corrected chi connectivity index (χ4v) is 4.71. The van der Waals surface area contributed by atoms with E-state index in [9.17, 15) is 14.9 Å². The van der Waals surface area contributed by atoms with Crippen molar-refractivity contribution in [1.29, 1.82) is 0 Å². The highest BCUT2D eigenvalue weighted by molar-refractivity contribution is 7.22. The Morgan fingerprint density at radius 3 is 2.58 bits per heavy atom. The molecule has 0 unspecified atom stereocenters. The average molecular weight is 450 g/mol. The van der Waals surface area contributed by atoms with Crippen molar-refractivity contribution < 1.29 is 9.72 Å². The van der Waals surface area contributed by atoms with E-state index in [-0.39, 0.29) is 15.6 Å². The number of thiophene rings is 1. The molecular weight excluding hydrogens is 438 g/mol. The van der Waals surface area contributed by atoms with Crippen LogP contribution in [0.2, 0.25) is 5.02 Å². The molecule has 0 fully saturated rings. The number of hydrogen-bond acceptors (Lipinski definition) is 6. The lowest BCUT2D eigenvalue weighted by Crippen LogP contribution is -2.10. The van der Waals surface area contributed by atoms with Crippen LogP contribution in [0.5, 0.6) is 0 Å². The smallest absolute Gasteiger partial charge is 0.287 e. The van der Waals surface area contributed by atoms with Crippen molar-refractivity contribution in [3.63, 3.8) is 0 Å². The number of anilines is 1. The van der Waals surface area contributed by atoms with Crippen LogP contribution in [-0.2, 0) is 0 Å². The highest BCUT2D eigenvalue weighted by Crippen LogP contribution is 2.40. The van der Waals surface area contributed by atoms with E-state index in [1.807, 2.05) is 30.3 Å². The highest BCUT2D eigenvalue weighted by atomic mass is 35.5. The van der Waals surface area contributed by atoms with Gasteiger partial charge in [-0.3, -0.25) is 14.9 Å². The molecule has 0 radical (unpaired) electrons. The molecule has 0 bridgehead atoms. The molecule has 2 heterocycles. The van der Waals surface area contributed by atoms with Crippen molar-refractivity contribution in [2.45, 2.75) is 0 Å². The molecule has 3 aromatic carbocycles. The van der Waals surface area contributed by atoms with Crippen molar-refractivity contribution in [2.24, 2.45) is 0 Å². The van der Waals surface area contributed by atoms with Gasteiger partial charge in [-0.2, -0.15) is 4.80 Å². The van der Waals surface area contributed by atoms with E-state index in [1.165, 1.54) is 10.9 Å². The van der Waals surface area contributed by atoms with Crippen LogP contribution >= 0.6 is 22.9 Å². The summed E-state index contributed by atoms with van der Waals surface area (Å²) >= 11 is 7.36. The van der Waals surface area contributed by atoms with Crippen molar-refractivity contribution in [1.82, 2.24) is 15.0 Å². The van der Waals surface area contributed by atoms with Crippen LogP contribution in [0.3, 0.4) is 0 Å². The maximum Gasteiger partial charge on any atom is 0.287 e. The number of nitrogens with one attached hydrogen (secondary N) is 1. The number of halogens is 1. The number of fused-ring (bicyclic) bond motifs is 2. The van der Waals surface area contributed by atoms with E-state index < -0.39 is 10.8 Å². The minimum absolute atomic E-state index is 0.0811. The number of non-ortho nitro benzene ring substituents is 1. The van der Waals surface area contributed by atoms with Gasteiger partial charge < -0.3 is 5.32 Å². The first-order valence-corrected chi connectivity index (χ1v) is 10.3. The number of benzene rings is 3. The van der Waals surface area contributed by atoms with Gasteiger partial charge in [-0.25, -0.2) is 0 Å². The van der Waals surface area contributed by atoms with E-state index >= 15 is 0 Å². The molecule has 2 aromatic heterocycles. The highest BCUT2D eigenvalue weighted by Gasteiger charge is 2.23. The van der Waals surface area contributed by atoms with Gasteiger partial charge in [-0.1, -0.05) is 41.9 Å². The summed E-state index contributed by atoms with van der Waals surface area (Å²) in [5.74, 6) is -0.449. The summed E-state index contributed by atoms with van der Waals surface area (Å²) < 4.78 is 0.365. The number of nitro groups is 1. The van der Waals surface area contributed by atoms with Crippen LogP contribution in [0.1, 0.15) is 9.67 Å². The second-order valence-electron chi connectivity index (χ2n) is 6.64. The first-order valence-electron chi connectivity index (χ1n) is 9.10. The number of nitro benzene ring substituents is 1. The summed E-state index contributed by atoms with van der Waals surface area (Å²) in [6.07, 6.45) is 0. The van der Waals surface area contributed by atoms with Crippen LogP contribution in [0.4, 0.5) is 11.4 Å². The molecule has 1 N–H and O–H groups in total. The molecule has 5 rings (SSSR count). The zero-order valence-electron chi connectivity index (χ0n) is 15.7. The normalized spacial score (nSPS) is 11.1. The minimum Gasteiger partial charge on any atom is -0.321 e. The number of amides is 1. The summed E-state index contributed by atoms with van der Waals surface area (Å²) in [6.45, 7) is 0. The maximum absolute atomic E-state index is 12.9. The van der Waals surface area contributed by atoms with E-state index in [2.05, 4.69) is 15.5 Å². The third-order valence-corrected chi connectivity index (χ3v) is 6.39. The molecule has 0 atom stereocenters. The van der Waals surface area contributed by atoms with E-state index in [4.69, 9.17) is 11.6 Å². The quantitative estimate of drug-likeness (QED) is 0.290. The number of nitrogens with zero attached hydrogens (tertiary/aromatic N) is 4. The number of aromatic nitrogens is 3. The van der Waals surface area contributed by atoms with E-state index in [0.29, 0.717) is 26.8 Å². The van der Waals surface area contributed by atoms with Crippen LogP contribution in [-0.4, -0.2) is 25.8 Å². The predicted octanol–water partition coefficient (Wildman–Crippen LogP) is 5.45. The molecule has 1 amide bonds. The Balaban J connectivity index is 1.47. The molecule has 31 heavy (non-hydrogen) atoms. The first-order chi connectivity index (χ1) is 15.0. The third kappa shape index (κ3) is 3.39. The number of rotatable bonds is 4. The van der Waals surface area contributed by atoms with Gasteiger partial charge in [-0.15, -0.1) is 21.5 Å². The summed E-state index contributed by atoms with van der Waals surface area (Å²) in [7, 11) is 0. The Hall–Kier alpha value is -3.82. The molecule has 152 valence electrons. The van der Waals surface area contributed by atoms with Crippen molar-refractivity contribution in [3.05, 3.63) is 86.7 Å². The molecule has 0 aliphatic heterocycles. The summed E-state index contributed by atoms with van der Waals surface area (Å²) in [4.78, 5) is 25.4. The molecule has 5 aromatic rings. The van der Waals surface area contributed by atoms with Crippen molar-refractivity contribution in [3.8, 4) is 5.69 Å². The molecule has 8 nitrogen and oxygen atoms in total. The second kappa shape index (κ2) is 7.46. The molecule has 0 saturated heterocycles. The molecule has 0 aliphatic rings. The van der Waals surface area contributed by atoms with Gasteiger partial charge >= 0.3 is 0 Å². The Bertz CT molecular complexity index is 1480. The summed E-state index contributed by atoms with van der Waals surface area (Å²) in [5.41, 5.74) is 2.54. The fraction of sp³-hybridized carbons (Fsp3) is 0. The van der Waals surface area contributed by atoms with Gasteiger partial charge in [0.1, 0.15) is 20.6 Å². The summed E-state index contributed by atoms with van der Waals surface area (Å²) in [5, 5.41) is 23.6. The zero-order valence-corrected chi connectivity index (χ0v) is 17.2. The Morgan fingerprint density at radius 2 is 1.81 bits per heavy atom. The Labute approximate surface area is 183 Å². The van der Waals surface area contributed by atoms with Crippen LogP contribution in [0, 0.1) is 10.1 Å². The molecule has 0 spiro atoms. The Kier molecular flexibility index (Phi) is 4.61. The van der Waals surface area contributed by atoms with E-state index in [1.54, 1.807) is 30.3 Å². The SMILES string of the molecule is O=C(Nc1ccc2nn(-c3ccccc3)nc2c1)c1sc2c([N+](=O)[O-])cccc2c1Cl. The first kappa shape index (κ1) is 19.2. The molecule has 0 saturated carbocycles. The molecule has 0 aliphatic carbocycles. The lowest BCUT2D eigenvalue weighted by molar-refractivity contribution is -0.382. The number of carbonyl (C=O) groups excluding carboxylic acids is 1. The fourth-order valence-electron chi connectivity index (χ4n) is 3.22. The number of carbonyl (C=O) groups is 1. The second-order valence-corrected chi connectivity index (χ2v) is 8.04. The van der Waals surface area contributed by atoms with Gasteiger partial charge in [0.15, 0.2) is 0 Å². The van der Waals surface area contributed by atoms with Gasteiger partial charge in [0.2, 0.25) is 0 Å². The monoisotopic (exact) mass is 449 g/mol. The predicted molar refractivity (Wildman–Crippen MR) is 120 cm³/mol. The van der Waals surface area contributed by atoms with Gasteiger partial charge in [0.25, 0.3) is 11.6 Å². The third-order valence-electron chi connectivity index (χ3n) is 4.66. The lowest BCUT2D eigenvalue weighted by atomic mass is 10.2. The average Bonchev–Trinajstić information content (AvgIpc) is 3.35. The van der Waals surface area contributed by atoms with Crippen LogP contribution in [0.25, 0.3) is 26.8 Å². The molecule has 10 heteroatoms. The number of para-hydroxylation sites is 1. The van der Waals surface area contributed by atoms with Gasteiger partial charge in [-0.05, 0) is 30.3 Å². The Morgan fingerprint density at radius 1 is 1.03 bits per heavy atom. The van der Waals surface area contributed by atoms with Crippen LogP contribution < -0.4 is 5.32 Å². The van der Waals surface area contributed by atoms with Crippen molar-refractivity contribution >= 4 is 61.3 Å². The lowest BCUT2D eigenvalue weighted by Gasteiger charge is -2.03. The van der Waals surface area contributed by atoms with Crippen molar-refractivity contribution in [2.75, 3.05) is 5.32 Å².